The Bertz CT molecular complexity index is 596. The third kappa shape index (κ3) is 8.77. The van der Waals surface area contributed by atoms with Crippen LogP contribution in [0.15, 0.2) is 24.3 Å². The van der Waals surface area contributed by atoms with Crippen molar-refractivity contribution in [2.45, 2.75) is 111 Å². The summed E-state index contributed by atoms with van der Waals surface area (Å²) in [7, 11) is 0. The van der Waals surface area contributed by atoms with Gasteiger partial charge in [0.05, 0.1) is 0 Å². The summed E-state index contributed by atoms with van der Waals surface area (Å²) in [6, 6.07) is 17.1. The SMILES string of the molecule is CCCCc1[c]c(Cc2[c]c(CCCC)cc(CCCC)c2)cc(CCCC)c1. The highest BCUT2D eigenvalue weighted by molar-refractivity contribution is 5.36. The number of hydrogen-bond acceptors (Lipinski definition) is 0. The van der Waals surface area contributed by atoms with Crippen LogP contribution in [0, 0.1) is 12.1 Å². The van der Waals surface area contributed by atoms with Crippen molar-refractivity contribution in [3.05, 3.63) is 69.8 Å². The Hall–Kier alpha value is -1.56. The highest BCUT2D eigenvalue weighted by Gasteiger charge is 2.07. The quantitative estimate of drug-likeness (QED) is 0.304. The molecular formula is C29H42. The molecule has 0 fully saturated rings. The van der Waals surface area contributed by atoms with Gasteiger partial charge in [-0.2, -0.15) is 0 Å². The zero-order chi connectivity index (χ0) is 20.9. The molecular weight excluding hydrogens is 348 g/mol. The number of hydrogen-bond donors (Lipinski definition) is 0. The van der Waals surface area contributed by atoms with Crippen molar-refractivity contribution in [2.24, 2.45) is 0 Å². The summed E-state index contributed by atoms with van der Waals surface area (Å²) in [6.45, 7) is 9.11. The van der Waals surface area contributed by atoms with Gasteiger partial charge in [0.2, 0.25) is 0 Å². The lowest BCUT2D eigenvalue weighted by Crippen LogP contribution is -1.99. The van der Waals surface area contributed by atoms with Crippen LogP contribution < -0.4 is 0 Å². The fourth-order valence-corrected chi connectivity index (χ4v) is 3.99. The smallest absolute Gasteiger partial charge is 0.00130 e. The molecule has 0 heteroatoms. The molecule has 2 aromatic rings. The first-order valence-electron chi connectivity index (χ1n) is 12.3. The maximum absolute atomic E-state index is 3.75. The number of unbranched alkanes of at least 4 members (excludes halogenated alkanes) is 4. The van der Waals surface area contributed by atoms with Crippen LogP contribution >= 0.6 is 0 Å². The maximum Gasteiger partial charge on any atom is -0.00130 e. The van der Waals surface area contributed by atoms with Gasteiger partial charge in [-0.3, -0.25) is 0 Å². The normalized spacial score (nSPS) is 11.2. The van der Waals surface area contributed by atoms with Gasteiger partial charge in [-0.1, -0.05) is 77.6 Å². The third-order valence-electron chi connectivity index (χ3n) is 5.70. The van der Waals surface area contributed by atoms with Crippen LogP contribution in [0.3, 0.4) is 0 Å². The summed E-state index contributed by atoms with van der Waals surface area (Å²) in [6.07, 6.45) is 15.7. The molecule has 0 aliphatic carbocycles. The average molecular weight is 391 g/mol. The first-order chi connectivity index (χ1) is 14.2. The van der Waals surface area contributed by atoms with Gasteiger partial charge in [-0.25, -0.2) is 0 Å². The predicted octanol–water partition coefficient (Wildman–Crippen LogP) is 8.25. The second-order valence-corrected chi connectivity index (χ2v) is 8.67. The van der Waals surface area contributed by atoms with Gasteiger partial charge in [0.1, 0.15) is 0 Å². The molecule has 29 heavy (non-hydrogen) atoms. The second-order valence-electron chi connectivity index (χ2n) is 8.67. The Balaban J connectivity index is 2.26. The van der Waals surface area contributed by atoms with Crippen molar-refractivity contribution in [1.29, 1.82) is 0 Å². The Kier molecular flexibility index (Phi) is 11.1. The molecule has 0 nitrogen and oxygen atoms in total. The summed E-state index contributed by atoms with van der Waals surface area (Å²) in [5, 5.41) is 0. The molecule has 0 unspecified atom stereocenters. The Morgan fingerprint density at radius 3 is 1.21 bits per heavy atom. The lowest BCUT2D eigenvalue weighted by molar-refractivity contribution is 0.775. The number of rotatable bonds is 14. The standard InChI is InChI=1S/C29H42/c1-5-9-13-24-17-25(14-10-6-2)20-28(19-24)23-29-21-26(15-11-7-3)18-27(22-29)16-12-8-4/h17-19,21H,5-16,23H2,1-4H3. The average Bonchev–Trinajstić information content (AvgIpc) is 2.73. The van der Waals surface area contributed by atoms with Crippen LogP contribution in [0.1, 0.15) is 112 Å². The molecule has 0 atom stereocenters. The molecule has 0 aromatic heterocycles. The van der Waals surface area contributed by atoms with E-state index in [0.29, 0.717) is 0 Å². The third-order valence-corrected chi connectivity index (χ3v) is 5.70. The summed E-state index contributed by atoms with van der Waals surface area (Å²) in [5.41, 5.74) is 8.53. The van der Waals surface area contributed by atoms with E-state index < -0.39 is 0 Å². The van der Waals surface area contributed by atoms with Crippen LogP contribution in [-0.4, -0.2) is 0 Å². The zero-order valence-electron chi connectivity index (χ0n) is 19.5. The molecule has 158 valence electrons. The van der Waals surface area contributed by atoms with Crippen molar-refractivity contribution < 1.29 is 0 Å². The van der Waals surface area contributed by atoms with Crippen molar-refractivity contribution >= 4 is 0 Å². The van der Waals surface area contributed by atoms with E-state index in [1.54, 1.807) is 0 Å². The maximum atomic E-state index is 3.75. The van der Waals surface area contributed by atoms with Gasteiger partial charge in [-0.05, 0) is 103 Å². The molecule has 0 heterocycles. The minimum atomic E-state index is 0.970. The molecule has 2 radical (unpaired) electrons. The van der Waals surface area contributed by atoms with Gasteiger partial charge >= 0.3 is 0 Å². The van der Waals surface area contributed by atoms with Crippen LogP contribution in [0.25, 0.3) is 0 Å². The largest absolute Gasteiger partial charge is 0.0654 e. The summed E-state index contributed by atoms with van der Waals surface area (Å²) < 4.78 is 0. The van der Waals surface area contributed by atoms with Gasteiger partial charge in [0, 0.05) is 0 Å². The van der Waals surface area contributed by atoms with E-state index in [9.17, 15) is 0 Å². The van der Waals surface area contributed by atoms with Crippen LogP contribution in [-0.2, 0) is 32.1 Å². The van der Waals surface area contributed by atoms with Crippen LogP contribution in [0.2, 0.25) is 0 Å². The minimum absolute atomic E-state index is 0.970. The Morgan fingerprint density at radius 2 is 0.828 bits per heavy atom. The van der Waals surface area contributed by atoms with Crippen LogP contribution in [0.4, 0.5) is 0 Å². The molecule has 2 rings (SSSR count). The monoisotopic (exact) mass is 390 g/mol. The second kappa shape index (κ2) is 13.6. The lowest BCUT2D eigenvalue weighted by Gasteiger charge is -2.12. The van der Waals surface area contributed by atoms with E-state index >= 15 is 0 Å². The Labute approximate surface area is 181 Å². The first kappa shape index (κ1) is 23.7. The highest BCUT2D eigenvalue weighted by atomic mass is 14.1. The van der Waals surface area contributed by atoms with Gasteiger partial charge in [-0.15, -0.1) is 0 Å². The minimum Gasteiger partial charge on any atom is -0.0654 e. The lowest BCUT2D eigenvalue weighted by atomic mass is 9.93. The van der Waals surface area contributed by atoms with Gasteiger partial charge < -0.3 is 0 Å². The van der Waals surface area contributed by atoms with Gasteiger partial charge in [0.25, 0.3) is 0 Å². The number of aryl methyl sites for hydroxylation is 4. The zero-order valence-corrected chi connectivity index (χ0v) is 19.5. The van der Waals surface area contributed by atoms with E-state index in [4.69, 9.17) is 0 Å². The van der Waals surface area contributed by atoms with Crippen LogP contribution in [0.5, 0.6) is 0 Å². The molecule has 0 aliphatic heterocycles. The molecule has 0 N–H and O–H groups in total. The molecule has 0 bridgehead atoms. The number of benzene rings is 2. The fraction of sp³-hybridized carbons (Fsp3) is 0.586. The topological polar surface area (TPSA) is 0 Å². The van der Waals surface area contributed by atoms with Gasteiger partial charge in [0.15, 0.2) is 0 Å². The Morgan fingerprint density at radius 1 is 0.483 bits per heavy atom. The molecule has 0 aliphatic rings. The molecule has 2 aromatic carbocycles. The van der Waals surface area contributed by atoms with Crippen molar-refractivity contribution in [1.82, 2.24) is 0 Å². The summed E-state index contributed by atoms with van der Waals surface area (Å²) in [5.74, 6) is 0. The molecule has 0 amide bonds. The highest BCUT2D eigenvalue weighted by Crippen LogP contribution is 2.20. The summed E-state index contributed by atoms with van der Waals surface area (Å²) >= 11 is 0. The first-order valence-corrected chi connectivity index (χ1v) is 12.3. The van der Waals surface area contributed by atoms with E-state index in [-0.39, 0.29) is 0 Å². The van der Waals surface area contributed by atoms with E-state index in [2.05, 4.69) is 64.1 Å². The van der Waals surface area contributed by atoms with Crippen molar-refractivity contribution in [3.63, 3.8) is 0 Å². The summed E-state index contributed by atoms with van der Waals surface area (Å²) in [4.78, 5) is 0. The molecule has 0 saturated heterocycles. The predicted molar refractivity (Wildman–Crippen MR) is 128 cm³/mol. The van der Waals surface area contributed by atoms with Crippen molar-refractivity contribution in [2.75, 3.05) is 0 Å². The van der Waals surface area contributed by atoms with Crippen molar-refractivity contribution in [3.8, 4) is 0 Å². The van der Waals surface area contributed by atoms with E-state index in [0.717, 1.165) is 19.3 Å². The molecule has 0 spiro atoms. The fourth-order valence-electron chi connectivity index (χ4n) is 3.99. The van der Waals surface area contributed by atoms with E-state index in [1.165, 1.54) is 97.6 Å². The van der Waals surface area contributed by atoms with E-state index in [1.807, 2.05) is 0 Å². The molecule has 0 saturated carbocycles.